The minimum absolute atomic E-state index is 0.0942. The fourth-order valence-corrected chi connectivity index (χ4v) is 5.55. The lowest BCUT2D eigenvalue weighted by atomic mass is 9.70. The highest BCUT2D eigenvalue weighted by Gasteiger charge is 2.34. The van der Waals surface area contributed by atoms with Crippen molar-refractivity contribution < 1.29 is 4.79 Å². The summed E-state index contributed by atoms with van der Waals surface area (Å²) in [5.74, 6) is 0.442. The normalized spacial score (nSPS) is 17.9. The van der Waals surface area contributed by atoms with E-state index in [-0.39, 0.29) is 11.7 Å². The molecule has 0 saturated carbocycles. The highest BCUT2D eigenvalue weighted by atomic mass is 16.1. The highest BCUT2D eigenvalue weighted by Crippen LogP contribution is 2.47. The molecule has 0 amide bonds. The number of hydrogen-bond acceptors (Lipinski definition) is 1. The summed E-state index contributed by atoms with van der Waals surface area (Å²) in [6.07, 6.45) is 1.85. The lowest BCUT2D eigenvalue weighted by Crippen LogP contribution is -2.22. The van der Waals surface area contributed by atoms with Crippen molar-refractivity contribution in [3.63, 3.8) is 0 Å². The van der Waals surface area contributed by atoms with Crippen molar-refractivity contribution in [2.24, 2.45) is 0 Å². The zero-order valence-electron chi connectivity index (χ0n) is 17.9. The van der Waals surface area contributed by atoms with Crippen LogP contribution in [0, 0.1) is 0 Å². The van der Waals surface area contributed by atoms with E-state index in [1.165, 1.54) is 38.2 Å². The van der Waals surface area contributed by atoms with Crippen LogP contribution in [0.2, 0.25) is 0 Å². The van der Waals surface area contributed by atoms with Gasteiger partial charge in [0, 0.05) is 17.4 Å². The number of benzene rings is 5. The zero-order chi connectivity index (χ0) is 21.5. The third kappa shape index (κ3) is 3.05. The molecule has 2 atom stereocenters. The Morgan fingerprint density at radius 1 is 0.594 bits per heavy atom. The topological polar surface area (TPSA) is 17.1 Å². The number of fused-ring (bicyclic) bond motifs is 5. The van der Waals surface area contributed by atoms with Gasteiger partial charge in [0.1, 0.15) is 0 Å². The third-order valence-corrected chi connectivity index (χ3v) is 7.05. The van der Waals surface area contributed by atoms with Crippen molar-refractivity contribution in [1.82, 2.24) is 0 Å². The Hall–Kier alpha value is -3.71. The third-order valence-electron chi connectivity index (χ3n) is 7.05. The van der Waals surface area contributed by atoms with Crippen LogP contribution >= 0.6 is 0 Å². The summed E-state index contributed by atoms with van der Waals surface area (Å²) in [4.78, 5) is 13.6. The van der Waals surface area contributed by atoms with E-state index < -0.39 is 0 Å². The van der Waals surface area contributed by atoms with Gasteiger partial charge >= 0.3 is 0 Å². The summed E-state index contributed by atoms with van der Waals surface area (Å²) in [7, 11) is 0. The van der Waals surface area contributed by atoms with Crippen LogP contribution in [0.3, 0.4) is 0 Å². The Kier molecular flexibility index (Phi) is 4.61. The molecule has 0 aliphatic heterocycles. The quantitative estimate of drug-likeness (QED) is 0.217. The second-order valence-corrected chi connectivity index (χ2v) is 8.77. The Balaban J connectivity index is 1.60. The second kappa shape index (κ2) is 7.76. The van der Waals surface area contributed by atoms with Gasteiger partial charge in [0.15, 0.2) is 5.78 Å². The molecule has 0 N–H and O–H groups in total. The average molecular weight is 413 g/mol. The van der Waals surface area contributed by atoms with Crippen LogP contribution in [0.25, 0.3) is 21.5 Å². The van der Waals surface area contributed by atoms with Crippen molar-refractivity contribution in [1.29, 1.82) is 0 Å². The summed E-state index contributed by atoms with van der Waals surface area (Å²) in [6.45, 7) is 0. The van der Waals surface area contributed by atoms with E-state index in [0.29, 0.717) is 5.92 Å². The monoisotopic (exact) mass is 412 g/mol. The molecule has 0 aromatic heterocycles. The Bertz CT molecular complexity index is 1430. The maximum absolute atomic E-state index is 13.6. The average Bonchev–Trinajstić information content (AvgIpc) is 2.88. The Labute approximate surface area is 188 Å². The van der Waals surface area contributed by atoms with Crippen molar-refractivity contribution in [3.8, 4) is 0 Å². The summed E-state index contributed by atoms with van der Waals surface area (Å²) >= 11 is 0. The summed E-state index contributed by atoms with van der Waals surface area (Å²) in [5.41, 5.74) is 4.67. The fraction of sp³-hybridized carbons (Fsp3) is 0.129. The van der Waals surface area contributed by atoms with Gasteiger partial charge in [-0.15, -0.1) is 0 Å². The molecule has 0 bridgehead atoms. The molecule has 0 spiro atoms. The first kappa shape index (κ1) is 19.0. The van der Waals surface area contributed by atoms with E-state index in [0.717, 1.165) is 18.4 Å². The molecule has 1 nitrogen and oxygen atoms in total. The van der Waals surface area contributed by atoms with Crippen LogP contribution in [0.15, 0.2) is 109 Å². The van der Waals surface area contributed by atoms with Crippen LogP contribution in [-0.2, 0) is 0 Å². The van der Waals surface area contributed by atoms with E-state index in [1.54, 1.807) is 0 Å². The molecule has 2 unspecified atom stereocenters. The van der Waals surface area contributed by atoms with Crippen molar-refractivity contribution in [3.05, 3.63) is 131 Å². The first-order valence-corrected chi connectivity index (χ1v) is 11.4. The number of carbonyl (C=O) groups is 1. The van der Waals surface area contributed by atoms with E-state index in [1.807, 2.05) is 30.3 Å². The largest absolute Gasteiger partial charge is 0.293 e. The van der Waals surface area contributed by atoms with Gasteiger partial charge in [0.25, 0.3) is 0 Å². The highest BCUT2D eigenvalue weighted by molar-refractivity contribution is 6.10. The second-order valence-electron chi connectivity index (χ2n) is 8.77. The van der Waals surface area contributed by atoms with E-state index in [4.69, 9.17) is 0 Å². The van der Waals surface area contributed by atoms with Crippen LogP contribution in [0.4, 0.5) is 0 Å². The minimum atomic E-state index is -0.0942. The van der Waals surface area contributed by atoms with E-state index >= 15 is 0 Å². The predicted molar refractivity (Wildman–Crippen MR) is 132 cm³/mol. The standard InChI is InChI=1S/C31H24O/c32-31(23-12-5-2-6-13-23)29-20-17-25(21-9-3-1-4-10-21)30-27-16-15-22-11-7-8-14-24(22)26(27)18-19-28(29)30/h1-16,18-19,25,29H,17,20H2. The van der Waals surface area contributed by atoms with Crippen LogP contribution in [0.1, 0.15) is 51.7 Å². The Morgan fingerprint density at radius 2 is 1.28 bits per heavy atom. The first-order valence-electron chi connectivity index (χ1n) is 11.4. The molecule has 5 aromatic rings. The van der Waals surface area contributed by atoms with Gasteiger partial charge in [0.2, 0.25) is 0 Å². The molecule has 0 saturated heterocycles. The van der Waals surface area contributed by atoms with Gasteiger partial charge in [-0.3, -0.25) is 4.79 Å². The van der Waals surface area contributed by atoms with Gasteiger partial charge in [-0.2, -0.15) is 0 Å². The number of carbonyl (C=O) groups excluding carboxylic acids is 1. The molecule has 0 heterocycles. The molecule has 1 aliphatic carbocycles. The van der Waals surface area contributed by atoms with Crippen molar-refractivity contribution in [2.45, 2.75) is 24.7 Å². The molecule has 6 rings (SSSR count). The molecule has 32 heavy (non-hydrogen) atoms. The number of ketones is 1. The molecular weight excluding hydrogens is 388 g/mol. The molecular formula is C31H24O. The van der Waals surface area contributed by atoms with E-state index in [9.17, 15) is 4.79 Å². The number of Topliss-reactive ketones (excluding diaryl/α,β-unsaturated/α-hetero) is 1. The van der Waals surface area contributed by atoms with Crippen LogP contribution in [-0.4, -0.2) is 5.78 Å². The van der Waals surface area contributed by atoms with Gasteiger partial charge in [-0.25, -0.2) is 0 Å². The molecule has 154 valence electrons. The number of rotatable bonds is 3. The van der Waals surface area contributed by atoms with Crippen molar-refractivity contribution in [2.75, 3.05) is 0 Å². The zero-order valence-corrected chi connectivity index (χ0v) is 17.9. The molecule has 0 radical (unpaired) electrons. The molecule has 5 aromatic carbocycles. The molecule has 0 fully saturated rings. The lowest BCUT2D eigenvalue weighted by molar-refractivity contribution is 0.0950. The van der Waals surface area contributed by atoms with Crippen LogP contribution < -0.4 is 0 Å². The van der Waals surface area contributed by atoms with Crippen LogP contribution in [0.5, 0.6) is 0 Å². The summed E-state index contributed by atoms with van der Waals surface area (Å²) in [5, 5.41) is 5.08. The first-order chi connectivity index (χ1) is 15.8. The smallest absolute Gasteiger partial charge is 0.170 e. The van der Waals surface area contributed by atoms with Gasteiger partial charge in [0.05, 0.1) is 0 Å². The summed E-state index contributed by atoms with van der Waals surface area (Å²) < 4.78 is 0. The maximum Gasteiger partial charge on any atom is 0.170 e. The van der Waals surface area contributed by atoms with Gasteiger partial charge in [-0.05, 0) is 51.1 Å². The predicted octanol–water partition coefficient (Wildman–Crippen LogP) is 7.89. The summed E-state index contributed by atoms with van der Waals surface area (Å²) in [6, 6.07) is 38.1. The molecule has 1 aliphatic rings. The van der Waals surface area contributed by atoms with Crippen molar-refractivity contribution >= 4 is 27.3 Å². The Morgan fingerprint density at radius 3 is 2.09 bits per heavy atom. The van der Waals surface area contributed by atoms with E-state index in [2.05, 4.69) is 78.9 Å². The minimum Gasteiger partial charge on any atom is -0.293 e. The van der Waals surface area contributed by atoms with Gasteiger partial charge in [-0.1, -0.05) is 109 Å². The molecule has 1 heteroatoms. The fourth-order valence-electron chi connectivity index (χ4n) is 5.55. The maximum atomic E-state index is 13.6. The SMILES string of the molecule is O=C(c1ccccc1)C1CCC(c2ccccc2)c2c1ccc1c2ccc2ccccc21. The lowest BCUT2D eigenvalue weighted by Gasteiger charge is -2.33. The van der Waals surface area contributed by atoms with Gasteiger partial charge < -0.3 is 0 Å². The number of hydrogen-bond donors (Lipinski definition) is 0.